The van der Waals surface area contributed by atoms with Crippen molar-refractivity contribution in [2.75, 3.05) is 12.3 Å². The molecule has 0 saturated carbocycles. The Hall–Kier alpha value is -1.48. The number of rotatable bonds is 4. The van der Waals surface area contributed by atoms with Crippen molar-refractivity contribution in [3.63, 3.8) is 0 Å². The van der Waals surface area contributed by atoms with E-state index in [-0.39, 0.29) is 4.90 Å². The van der Waals surface area contributed by atoms with Crippen LogP contribution in [0.2, 0.25) is 0 Å². The van der Waals surface area contributed by atoms with Gasteiger partial charge >= 0.3 is 0 Å². The number of nitrogens with two attached hydrogens (primary N) is 1. The number of fused-ring (bicyclic) bond motifs is 1. The van der Waals surface area contributed by atoms with E-state index in [1.54, 1.807) is 23.5 Å². The molecule has 0 fully saturated rings. The quantitative estimate of drug-likeness (QED) is 0.701. The first-order valence-corrected chi connectivity index (χ1v) is 10.6. The molecule has 1 heterocycles. The number of nitrogens with one attached hydrogen (secondary N) is 1. The first kappa shape index (κ1) is 19.8. The smallest absolute Gasteiger partial charge is 0.294 e. The zero-order chi connectivity index (χ0) is 18.4. The van der Waals surface area contributed by atoms with Crippen molar-refractivity contribution < 1.29 is 13.0 Å². The van der Waals surface area contributed by atoms with Gasteiger partial charge in [0.25, 0.3) is 10.1 Å². The van der Waals surface area contributed by atoms with Gasteiger partial charge in [0.2, 0.25) is 0 Å². The fourth-order valence-corrected chi connectivity index (χ4v) is 4.07. The molecule has 0 bridgehead atoms. The summed E-state index contributed by atoms with van der Waals surface area (Å²) >= 11 is 1.65. The van der Waals surface area contributed by atoms with Crippen LogP contribution in [0.1, 0.15) is 35.9 Å². The molecule has 1 unspecified atom stereocenters. The van der Waals surface area contributed by atoms with Crippen LogP contribution in [-0.2, 0) is 23.0 Å². The van der Waals surface area contributed by atoms with Crippen LogP contribution in [0.25, 0.3) is 0 Å². The minimum Gasteiger partial charge on any atom is -0.375 e. The molecule has 1 aromatic heterocycles. The molecule has 3 rings (SSSR count). The third-order valence-corrected chi connectivity index (χ3v) is 5.78. The zero-order valence-corrected chi connectivity index (χ0v) is 16.2. The molecule has 8 heteroatoms. The van der Waals surface area contributed by atoms with Gasteiger partial charge in [0.15, 0.2) is 5.13 Å². The Morgan fingerprint density at radius 2 is 2.04 bits per heavy atom. The zero-order valence-electron chi connectivity index (χ0n) is 14.5. The maximum absolute atomic E-state index is 10.5. The third-order valence-electron chi connectivity index (χ3n) is 3.96. The maximum Gasteiger partial charge on any atom is 0.294 e. The van der Waals surface area contributed by atoms with Gasteiger partial charge in [0.1, 0.15) is 0 Å². The van der Waals surface area contributed by atoms with Crippen LogP contribution in [0.4, 0.5) is 5.13 Å². The standard InChI is InChI=1S/C10H17N3S.C7H8O3S/c1-2-5-12-7-3-4-8-9(6-7)14-10(11)13-8;1-6-2-4-7(5-3-6)11(8,9)10/h7,12H,2-6H2,1H3,(H2,11,13);2-5H,1H3,(H,8,9,10). The van der Waals surface area contributed by atoms with Gasteiger partial charge in [0.05, 0.1) is 10.6 Å². The van der Waals surface area contributed by atoms with Crippen molar-refractivity contribution in [1.82, 2.24) is 10.3 Å². The highest BCUT2D eigenvalue weighted by atomic mass is 32.2. The summed E-state index contributed by atoms with van der Waals surface area (Å²) in [6.07, 6.45) is 4.61. The molecule has 0 amide bonds. The average Bonchev–Trinajstić information content (AvgIpc) is 2.92. The molecule has 0 aliphatic heterocycles. The lowest BCUT2D eigenvalue weighted by Crippen LogP contribution is -2.34. The summed E-state index contributed by atoms with van der Waals surface area (Å²) in [6.45, 7) is 5.16. The topological polar surface area (TPSA) is 105 Å². The molecule has 138 valence electrons. The van der Waals surface area contributed by atoms with Crippen LogP contribution in [0.3, 0.4) is 0 Å². The monoisotopic (exact) mass is 383 g/mol. The summed E-state index contributed by atoms with van der Waals surface area (Å²) in [7, 11) is -4.02. The summed E-state index contributed by atoms with van der Waals surface area (Å²) in [5.41, 5.74) is 7.88. The van der Waals surface area contributed by atoms with Crippen molar-refractivity contribution in [2.45, 2.75) is 50.5 Å². The number of benzene rings is 1. The number of nitrogens with zero attached hydrogens (tertiary/aromatic N) is 1. The number of thiazole rings is 1. The molecule has 2 aromatic rings. The van der Waals surface area contributed by atoms with Crippen molar-refractivity contribution >= 4 is 26.6 Å². The molecule has 25 heavy (non-hydrogen) atoms. The molecular weight excluding hydrogens is 358 g/mol. The number of aryl methyl sites for hydroxylation is 2. The van der Waals surface area contributed by atoms with Crippen molar-refractivity contribution in [3.8, 4) is 0 Å². The number of aromatic nitrogens is 1. The number of nitrogen functional groups attached to an aromatic ring is 1. The van der Waals surface area contributed by atoms with Crippen LogP contribution in [0.15, 0.2) is 29.2 Å². The Bertz CT molecular complexity index is 786. The van der Waals surface area contributed by atoms with Gasteiger partial charge in [-0.1, -0.05) is 24.6 Å². The van der Waals surface area contributed by atoms with Gasteiger partial charge in [-0.3, -0.25) is 4.55 Å². The Labute approximate surface area is 153 Å². The molecule has 0 saturated heterocycles. The number of anilines is 1. The van der Waals surface area contributed by atoms with Crippen LogP contribution < -0.4 is 11.1 Å². The highest BCUT2D eigenvalue weighted by Crippen LogP contribution is 2.27. The highest BCUT2D eigenvalue weighted by molar-refractivity contribution is 7.85. The first-order valence-electron chi connectivity index (χ1n) is 8.31. The SMILES string of the molecule is CCCNC1CCc2nc(N)sc2C1.Cc1ccc(S(=O)(=O)O)cc1. The predicted molar refractivity (Wildman–Crippen MR) is 102 cm³/mol. The molecule has 0 radical (unpaired) electrons. The molecule has 4 N–H and O–H groups in total. The summed E-state index contributed by atoms with van der Waals surface area (Å²) in [5, 5.41) is 4.29. The third kappa shape index (κ3) is 6.07. The first-order chi connectivity index (χ1) is 11.8. The molecule has 1 aliphatic carbocycles. The molecule has 1 aliphatic rings. The second kappa shape index (κ2) is 8.75. The Morgan fingerprint density at radius 3 is 2.64 bits per heavy atom. The Morgan fingerprint density at radius 1 is 1.36 bits per heavy atom. The normalized spacial score (nSPS) is 16.7. The van der Waals surface area contributed by atoms with E-state index in [9.17, 15) is 8.42 Å². The maximum atomic E-state index is 10.5. The van der Waals surface area contributed by atoms with E-state index in [2.05, 4.69) is 17.2 Å². The molecular formula is C17H25N3O3S2. The highest BCUT2D eigenvalue weighted by Gasteiger charge is 2.21. The Kier molecular flexibility index (Phi) is 6.95. The van der Waals surface area contributed by atoms with Crippen LogP contribution in [-0.4, -0.2) is 30.5 Å². The van der Waals surface area contributed by atoms with Crippen molar-refractivity contribution in [3.05, 3.63) is 40.4 Å². The van der Waals surface area contributed by atoms with E-state index in [0.29, 0.717) is 6.04 Å². The van der Waals surface area contributed by atoms with Gasteiger partial charge in [-0.15, -0.1) is 11.3 Å². The van der Waals surface area contributed by atoms with E-state index in [1.807, 2.05) is 6.92 Å². The van der Waals surface area contributed by atoms with E-state index in [1.165, 1.54) is 35.5 Å². The average molecular weight is 384 g/mol. The second-order valence-electron chi connectivity index (χ2n) is 6.10. The largest absolute Gasteiger partial charge is 0.375 e. The lowest BCUT2D eigenvalue weighted by molar-refractivity contribution is 0.460. The molecule has 1 atom stereocenters. The van der Waals surface area contributed by atoms with Crippen LogP contribution in [0.5, 0.6) is 0 Å². The summed E-state index contributed by atoms with van der Waals surface area (Å²) < 4.78 is 29.6. The molecule has 6 nitrogen and oxygen atoms in total. The predicted octanol–water partition coefficient (Wildman–Crippen LogP) is 2.82. The van der Waals surface area contributed by atoms with E-state index >= 15 is 0 Å². The summed E-state index contributed by atoms with van der Waals surface area (Å²) in [4.78, 5) is 5.66. The minimum absolute atomic E-state index is 0.0666. The van der Waals surface area contributed by atoms with Crippen molar-refractivity contribution in [2.24, 2.45) is 0 Å². The Balaban J connectivity index is 0.000000186. The molecule has 0 spiro atoms. The van der Waals surface area contributed by atoms with E-state index < -0.39 is 10.1 Å². The van der Waals surface area contributed by atoms with E-state index in [0.717, 1.165) is 30.1 Å². The summed E-state index contributed by atoms with van der Waals surface area (Å²) in [6, 6.07) is 6.63. The van der Waals surface area contributed by atoms with Gasteiger partial charge in [-0.25, -0.2) is 4.98 Å². The lowest BCUT2D eigenvalue weighted by Gasteiger charge is -2.21. The van der Waals surface area contributed by atoms with Crippen LogP contribution >= 0.6 is 11.3 Å². The van der Waals surface area contributed by atoms with Crippen LogP contribution in [0, 0.1) is 6.92 Å². The fourth-order valence-electron chi connectivity index (χ4n) is 2.63. The minimum atomic E-state index is -4.02. The van der Waals surface area contributed by atoms with Gasteiger partial charge in [-0.2, -0.15) is 8.42 Å². The number of hydrogen-bond acceptors (Lipinski definition) is 6. The van der Waals surface area contributed by atoms with Gasteiger partial charge in [-0.05, 0) is 51.3 Å². The van der Waals surface area contributed by atoms with Crippen molar-refractivity contribution in [1.29, 1.82) is 0 Å². The number of hydrogen-bond donors (Lipinski definition) is 3. The van der Waals surface area contributed by atoms with Gasteiger partial charge < -0.3 is 11.1 Å². The summed E-state index contributed by atoms with van der Waals surface area (Å²) in [5.74, 6) is 0. The van der Waals surface area contributed by atoms with E-state index in [4.69, 9.17) is 10.3 Å². The van der Waals surface area contributed by atoms with Gasteiger partial charge in [0, 0.05) is 10.9 Å². The second-order valence-corrected chi connectivity index (χ2v) is 8.64. The lowest BCUT2D eigenvalue weighted by atomic mass is 9.98. The fraction of sp³-hybridized carbons (Fsp3) is 0.471. The molecule has 1 aromatic carbocycles.